The molecule has 0 unspecified atom stereocenters. The first-order valence-corrected chi connectivity index (χ1v) is 7.49. The van der Waals surface area contributed by atoms with Crippen molar-refractivity contribution in [2.45, 2.75) is 0 Å². The fourth-order valence-electron chi connectivity index (χ4n) is 2.11. The minimum Gasteiger partial charge on any atom is -0.459 e. The molecular weight excluding hydrogens is 344 g/mol. The van der Waals surface area contributed by atoms with Gasteiger partial charge in [-0.2, -0.15) is 0 Å². The molecule has 0 spiro atoms. The van der Waals surface area contributed by atoms with Gasteiger partial charge in [-0.05, 0) is 48.5 Å². The lowest BCUT2D eigenvalue weighted by Gasteiger charge is -2.09. The van der Waals surface area contributed by atoms with Crippen molar-refractivity contribution < 1.29 is 22.8 Å². The van der Waals surface area contributed by atoms with Crippen molar-refractivity contribution in [2.24, 2.45) is 0 Å². The molecule has 0 bridgehead atoms. The van der Waals surface area contributed by atoms with Crippen LogP contribution in [0.5, 0.6) is 0 Å². The first-order valence-electron chi connectivity index (χ1n) is 7.49. The molecule has 1 aromatic heterocycles. The normalized spacial score (nSPS) is 10.2. The van der Waals surface area contributed by atoms with Gasteiger partial charge in [-0.25, -0.2) is 13.6 Å². The van der Waals surface area contributed by atoms with E-state index in [-0.39, 0.29) is 11.4 Å². The summed E-state index contributed by atoms with van der Waals surface area (Å²) < 4.78 is 31.3. The first kappa shape index (κ1) is 17.2. The molecule has 8 heteroatoms. The molecule has 0 aliphatic heterocycles. The standard InChI is InChI=1S/C18H13F2N3O3/c19-11-3-8-15(14(20)10-11)23-18(25)22-13-6-4-12(5-7-13)21-17(24)16-2-1-9-26-16/h1-10H,(H,21,24)(H2,22,23,25). The van der Waals surface area contributed by atoms with Crippen LogP contribution in [0, 0.1) is 11.6 Å². The number of hydrogen-bond acceptors (Lipinski definition) is 3. The van der Waals surface area contributed by atoms with Gasteiger partial charge in [0.2, 0.25) is 0 Å². The Bertz CT molecular complexity index is 925. The molecule has 0 aliphatic rings. The maximum absolute atomic E-state index is 13.5. The van der Waals surface area contributed by atoms with E-state index in [1.165, 1.54) is 12.3 Å². The van der Waals surface area contributed by atoms with Crippen LogP contribution in [0.2, 0.25) is 0 Å². The molecule has 3 rings (SSSR count). The molecule has 6 nitrogen and oxygen atoms in total. The van der Waals surface area contributed by atoms with E-state index < -0.39 is 23.6 Å². The van der Waals surface area contributed by atoms with Crippen LogP contribution in [0.3, 0.4) is 0 Å². The second-order valence-electron chi connectivity index (χ2n) is 5.21. The molecule has 0 aliphatic carbocycles. The van der Waals surface area contributed by atoms with Crippen molar-refractivity contribution in [3.63, 3.8) is 0 Å². The maximum Gasteiger partial charge on any atom is 0.323 e. The average Bonchev–Trinajstić information content (AvgIpc) is 3.14. The second-order valence-corrected chi connectivity index (χ2v) is 5.21. The highest BCUT2D eigenvalue weighted by Gasteiger charge is 2.10. The van der Waals surface area contributed by atoms with E-state index in [2.05, 4.69) is 16.0 Å². The fraction of sp³-hybridized carbons (Fsp3) is 0. The van der Waals surface area contributed by atoms with Crippen LogP contribution in [0.4, 0.5) is 30.6 Å². The van der Waals surface area contributed by atoms with Gasteiger partial charge in [0.05, 0.1) is 12.0 Å². The zero-order valence-corrected chi connectivity index (χ0v) is 13.3. The van der Waals surface area contributed by atoms with Gasteiger partial charge in [-0.15, -0.1) is 0 Å². The van der Waals surface area contributed by atoms with Crippen LogP contribution in [-0.4, -0.2) is 11.9 Å². The molecule has 2 aromatic carbocycles. The number of hydrogen-bond donors (Lipinski definition) is 3. The number of nitrogens with one attached hydrogen (secondary N) is 3. The first-order chi connectivity index (χ1) is 12.5. The number of halogens is 2. The summed E-state index contributed by atoms with van der Waals surface area (Å²) in [6.07, 6.45) is 1.39. The molecule has 0 radical (unpaired) electrons. The molecular formula is C18H13F2N3O3. The molecule has 0 atom stereocenters. The smallest absolute Gasteiger partial charge is 0.323 e. The fourth-order valence-corrected chi connectivity index (χ4v) is 2.11. The summed E-state index contributed by atoms with van der Waals surface area (Å²) in [6.45, 7) is 0. The van der Waals surface area contributed by atoms with Crippen molar-refractivity contribution in [1.82, 2.24) is 0 Å². The van der Waals surface area contributed by atoms with Crippen LogP contribution in [0.15, 0.2) is 65.3 Å². The largest absolute Gasteiger partial charge is 0.459 e. The van der Waals surface area contributed by atoms with Crippen molar-refractivity contribution in [3.8, 4) is 0 Å². The van der Waals surface area contributed by atoms with E-state index in [1.54, 1.807) is 30.3 Å². The molecule has 3 amide bonds. The van der Waals surface area contributed by atoms with Crippen molar-refractivity contribution in [1.29, 1.82) is 0 Å². The number of amides is 3. The summed E-state index contributed by atoms with van der Waals surface area (Å²) in [5, 5.41) is 7.41. The number of rotatable bonds is 4. The summed E-state index contributed by atoms with van der Waals surface area (Å²) in [4.78, 5) is 23.7. The van der Waals surface area contributed by atoms with E-state index in [4.69, 9.17) is 4.42 Å². The Kier molecular flexibility index (Phi) is 4.93. The van der Waals surface area contributed by atoms with Crippen molar-refractivity contribution in [2.75, 3.05) is 16.0 Å². The Morgan fingerprint density at radius 2 is 1.54 bits per heavy atom. The van der Waals surface area contributed by atoms with E-state index in [1.807, 2.05) is 0 Å². The van der Waals surface area contributed by atoms with Crippen LogP contribution < -0.4 is 16.0 Å². The molecule has 3 aromatic rings. The Hall–Kier alpha value is -3.68. The number of carbonyl (C=O) groups excluding carboxylic acids is 2. The lowest BCUT2D eigenvalue weighted by molar-refractivity contribution is 0.0996. The maximum atomic E-state index is 13.5. The number of benzene rings is 2. The Labute approximate surface area is 146 Å². The second kappa shape index (κ2) is 7.47. The topological polar surface area (TPSA) is 83.4 Å². The molecule has 26 heavy (non-hydrogen) atoms. The van der Waals surface area contributed by atoms with Gasteiger partial charge in [0, 0.05) is 17.4 Å². The zero-order chi connectivity index (χ0) is 18.5. The summed E-state index contributed by atoms with van der Waals surface area (Å²) in [6, 6.07) is 11.5. The van der Waals surface area contributed by atoms with Gasteiger partial charge in [0.15, 0.2) is 5.76 Å². The summed E-state index contributed by atoms with van der Waals surface area (Å²) in [5.74, 6) is -1.84. The molecule has 1 heterocycles. The van der Waals surface area contributed by atoms with Gasteiger partial charge in [0.1, 0.15) is 11.6 Å². The number of carbonyl (C=O) groups is 2. The van der Waals surface area contributed by atoms with Crippen molar-refractivity contribution in [3.05, 3.63) is 78.3 Å². The van der Waals surface area contributed by atoms with Gasteiger partial charge < -0.3 is 20.4 Å². The number of furan rings is 1. The third kappa shape index (κ3) is 4.23. The number of anilines is 3. The van der Waals surface area contributed by atoms with Crippen LogP contribution >= 0.6 is 0 Å². The minimum absolute atomic E-state index is 0.147. The van der Waals surface area contributed by atoms with E-state index in [0.717, 1.165) is 12.1 Å². The van der Waals surface area contributed by atoms with Crippen LogP contribution in [0.25, 0.3) is 0 Å². The third-order valence-electron chi connectivity index (χ3n) is 3.32. The molecule has 0 fully saturated rings. The lowest BCUT2D eigenvalue weighted by Crippen LogP contribution is -2.20. The van der Waals surface area contributed by atoms with Crippen LogP contribution in [0.1, 0.15) is 10.6 Å². The Morgan fingerprint density at radius 3 is 2.15 bits per heavy atom. The van der Waals surface area contributed by atoms with E-state index in [0.29, 0.717) is 17.4 Å². The minimum atomic E-state index is -0.879. The lowest BCUT2D eigenvalue weighted by atomic mass is 10.2. The Morgan fingerprint density at radius 1 is 0.846 bits per heavy atom. The SMILES string of the molecule is O=C(Nc1ccc(NC(=O)c2ccco2)cc1)Nc1ccc(F)cc1F. The summed E-state index contributed by atoms with van der Waals surface area (Å²) in [5.41, 5.74) is 0.772. The van der Waals surface area contributed by atoms with Crippen LogP contribution in [-0.2, 0) is 0 Å². The van der Waals surface area contributed by atoms with Gasteiger partial charge in [-0.1, -0.05) is 0 Å². The molecule has 0 saturated heterocycles. The monoisotopic (exact) mass is 357 g/mol. The molecule has 132 valence electrons. The Balaban J connectivity index is 1.58. The number of urea groups is 1. The highest BCUT2D eigenvalue weighted by atomic mass is 19.1. The van der Waals surface area contributed by atoms with Gasteiger partial charge >= 0.3 is 6.03 Å². The third-order valence-corrected chi connectivity index (χ3v) is 3.32. The van der Waals surface area contributed by atoms with Crippen molar-refractivity contribution >= 4 is 29.0 Å². The van der Waals surface area contributed by atoms with E-state index >= 15 is 0 Å². The predicted octanol–water partition coefficient (Wildman–Crippen LogP) is 4.45. The quantitative estimate of drug-likeness (QED) is 0.645. The van der Waals surface area contributed by atoms with Gasteiger partial charge in [-0.3, -0.25) is 4.79 Å². The zero-order valence-electron chi connectivity index (χ0n) is 13.3. The predicted molar refractivity (Wildman–Crippen MR) is 92.1 cm³/mol. The highest BCUT2D eigenvalue weighted by molar-refractivity contribution is 6.03. The van der Waals surface area contributed by atoms with Gasteiger partial charge in [0.25, 0.3) is 5.91 Å². The highest BCUT2D eigenvalue weighted by Crippen LogP contribution is 2.17. The average molecular weight is 357 g/mol. The molecule has 0 saturated carbocycles. The van der Waals surface area contributed by atoms with E-state index in [9.17, 15) is 18.4 Å². The summed E-state index contributed by atoms with van der Waals surface area (Å²) >= 11 is 0. The molecule has 3 N–H and O–H groups in total. The summed E-state index contributed by atoms with van der Waals surface area (Å²) in [7, 11) is 0.